The maximum absolute atomic E-state index is 12.4. The third kappa shape index (κ3) is 3.13. The van der Waals surface area contributed by atoms with Crippen LogP contribution in [-0.2, 0) is 4.79 Å². The number of rotatable bonds is 3. The molecule has 2 rings (SSSR count). The van der Waals surface area contributed by atoms with Crippen molar-refractivity contribution in [3.8, 4) is 11.8 Å². The van der Waals surface area contributed by atoms with Gasteiger partial charge >= 0.3 is 0 Å². The molecule has 0 radical (unpaired) electrons. The summed E-state index contributed by atoms with van der Waals surface area (Å²) >= 11 is 0. The van der Waals surface area contributed by atoms with E-state index in [1.165, 1.54) is 0 Å². The van der Waals surface area contributed by atoms with Gasteiger partial charge in [-0.05, 0) is 24.3 Å². The van der Waals surface area contributed by atoms with Crippen molar-refractivity contribution >= 4 is 5.91 Å². The van der Waals surface area contributed by atoms with Gasteiger partial charge in [-0.2, -0.15) is 5.26 Å². The number of nitrogens with zero attached hydrogens (tertiary/aromatic N) is 1. The number of nitrogens with one attached hydrogen (secondary N) is 1. The lowest BCUT2D eigenvalue weighted by molar-refractivity contribution is -0.175. The van der Waals surface area contributed by atoms with E-state index in [1.807, 2.05) is 32.9 Å². The van der Waals surface area contributed by atoms with Crippen molar-refractivity contribution in [1.82, 2.24) is 5.32 Å². The summed E-state index contributed by atoms with van der Waals surface area (Å²) in [6.45, 7) is 14.3. The summed E-state index contributed by atoms with van der Waals surface area (Å²) < 4.78 is 6.22. The van der Waals surface area contributed by atoms with Crippen LogP contribution in [0.25, 0.3) is 0 Å². The molecule has 0 atom stereocenters. The molecule has 1 fully saturated rings. The number of benzene rings is 1. The molecule has 24 heavy (non-hydrogen) atoms. The highest BCUT2D eigenvalue weighted by Crippen LogP contribution is 2.55. The molecule has 0 bridgehead atoms. The third-order valence-electron chi connectivity index (χ3n) is 5.03. The van der Waals surface area contributed by atoms with Crippen molar-refractivity contribution in [2.45, 2.75) is 60.6 Å². The minimum Gasteiger partial charge on any atom is -0.489 e. The molecule has 1 aliphatic carbocycles. The molecule has 0 spiro atoms. The molecule has 0 aliphatic heterocycles. The summed E-state index contributed by atoms with van der Waals surface area (Å²) in [6.07, 6.45) is -0.0248. The van der Waals surface area contributed by atoms with Gasteiger partial charge in [0.2, 0.25) is 5.91 Å². The minimum atomic E-state index is -0.411. The van der Waals surface area contributed by atoms with Crippen LogP contribution in [0.1, 0.15) is 54.0 Å². The summed E-state index contributed by atoms with van der Waals surface area (Å²) in [6, 6.07) is 9.31. The quantitative estimate of drug-likeness (QED) is 0.915. The molecule has 1 aromatic carbocycles. The highest BCUT2D eigenvalue weighted by atomic mass is 16.5. The fourth-order valence-corrected chi connectivity index (χ4v) is 3.89. The average molecular weight is 328 g/mol. The number of hydrogen-bond acceptors (Lipinski definition) is 3. The smallest absolute Gasteiger partial charge is 0.225 e. The van der Waals surface area contributed by atoms with Gasteiger partial charge in [0.15, 0.2) is 0 Å². The van der Waals surface area contributed by atoms with Gasteiger partial charge in [0.25, 0.3) is 0 Å². The first kappa shape index (κ1) is 18.3. The molecule has 1 amide bonds. The van der Waals surface area contributed by atoms with Crippen LogP contribution < -0.4 is 10.1 Å². The van der Waals surface area contributed by atoms with Gasteiger partial charge in [0.05, 0.1) is 11.6 Å². The fraction of sp³-hybridized carbons (Fsp3) is 0.600. The Morgan fingerprint density at radius 2 is 1.62 bits per heavy atom. The topological polar surface area (TPSA) is 62.1 Å². The maximum atomic E-state index is 12.4. The molecule has 0 saturated heterocycles. The van der Waals surface area contributed by atoms with E-state index in [9.17, 15) is 4.79 Å². The summed E-state index contributed by atoms with van der Waals surface area (Å²) in [5.74, 6) is 0.811. The van der Waals surface area contributed by atoms with E-state index in [2.05, 4.69) is 39.1 Å². The zero-order valence-corrected chi connectivity index (χ0v) is 15.7. The lowest BCUT2D eigenvalue weighted by Crippen LogP contribution is -2.75. The molecule has 0 unspecified atom stereocenters. The first-order valence-electron chi connectivity index (χ1n) is 8.38. The summed E-state index contributed by atoms with van der Waals surface area (Å²) in [7, 11) is 0. The van der Waals surface area contributed by atoms with Crippen LogP contribution in [0.3, 0.4) is 0 Å². The molecule has 4 nitrogen and oxygen atoms in total. The van der Waals surface area contributed by atoms with E-state index in [0.29, 0.717) is 5.56 Å². The van der Waals surface area contributed by atoms with Gasteiger partial charge in [-0.1, -0.05) is 48.5 Å². The largest absolute Gasteiger partial charge is 0.489 e. The minimum absolute atomic E-state index is 0.0248. The number of nitriles is 1. The van der Waals surface area contributed by atoms with Gasteiger partial charge in [0, 0.05) is 22.3 Å². The number of amides is 1. The van der Waals surface area contributed by atoms with Crippen molar-refractivity contribution in [2.24, 2.45) is 16.2 Å². The Balaban J connectivity index is 2.15. The predicted molar refractivity (Wildman–Crippen MR) is 94.5 cm³/mol. The Bertz CT molecular complexity index is 644. The van der Waals surface area contributed by atoms with E-state index >= 15 is 0 Å². The Kier molecular flexibility index (Phi) is 4.43. The molecular formula is C20H28N2O2. The van der Waals surface area contributed by atoms with Crippen LogP contribution in [0.15, 0.2) is 24.3 Å². The van der Waals surface area contributed by atoms with Crippen LogP contribution in [0.2, 0.25) is 0 Å². The van der Waals surface area contributed by atoms with E-state index < -0.39 is 5.41 Å². The fourth-order valence-electron chi connectivity index (χ4n) is 3.89. The van der Waals surface area contributed by atoms with Crippen molar-refractivity contribution in [3.63, 3.8) is 0 Å². The summed E-state index contributed by atoms with van der Waals surface area (Å²) in [5.41, 5.74) is -0.160. The predicted octanol–water partition coefficient (Wildman–Crippen LogP) is 3.90. The van der Waals surface area contributed by atoms with Gasteiger partial charge in [-0.25, -0.2) is 0 Å². The molecule has 1 N–H and O–H groups in total. The Hall–Kier alpha value is -2.02. The second-order valence-electron chi connectivity index (χ2n) is 8.93. The molecule has 1 saturated carbocycles. The second-order valence-corrected chi connectivity index (χ2v) is 8.93. The lowest BCUT2D eigenvalue weighted by atomic mass is 9.49. The highest BCUT2D eigenvalue weighted by Gasteiger charge is 2.64. The molecule has 1 aromatic rings. The average Bonchev–Trinajstić information content (AvgIpc) is 2.49. The molecule has 0 aromatic heterocycles. The number of ether oxygens (including phenoxy) is 1. The SMILES string of the molecule is CC(C)(C)C(=O)N[C@H]1C(C)(C)[C@H](Oc2ccc(C#N)cc2)C1(C)C. The second kappa shape index (κ2) is 5.81. The summed E-state index contributed by atoms with van der Waals surface area (Å²) in [5, 5.41) is 12.1. The molecular weight excluding hydrogens is 300 g/mol. The zero-order valence-electron chi connectivity index (χ0n) is 15.7. The number of hydrogen-bond donors (Lipinski definition) is 1. The first-order valence-corrected chi connectivity index (χ1v) is 8.38. The first-order chi connectivity index (χ1) is 10.9. The van der Waals surface area contributed by atoms with Crippen molar-refractivity contribution in [1.29, 1.82) is 5.26 Å². The Morgan fingerprint density at radius 1 is 1.12 bits per heavy atom. The number of carbonyl (C=O) groups excluding carboxylic acids is 1. The van der Waals surface area contributed by atoms with E-state index in [-0.39, 0.29) is 28.9 Å². The lowest BCUT2D eigenvalue weighted by Gasteiger charge is -2.63. The Morgan fingerprint density at radius 3 is 2.04 bits per heavy atom. The van der Waals surface area contributed by atoms with E-state index in [0.717, 1.165) is 5.75 Å². The number of carbonyl (C=O) groups is 1. The van der Waals surface area contributed by atoms with Gasteiger partial charge < -0.3 is 10.1 Å². The van der Waals surface area contributed by atoms with Crippen LogP contribution in [0, 0.1) is 27.6 Å². The zero-order chi connectivity index (χ0) is 18.3. The van der Waals surface area contributed by atoms with Crippen molar-refractivity contribution in [2.75, 3.05) is 0 Å². The maximum Gasteiger partial charge on any atom is 0.225 e. The van der Waals surface area contributed by atoms with E-state index in [1.54, 1.807) is 12.1 Å². The van der Waals surface area contributed by atoms with Crippen molar-refractivity contribution < 1.29 is 9.53 Å². The molecule has 0 heterocycles. The monoisotopic (exact) mass is 328 g/mol. The molecule has 1 aliphatic rings. The Labute approximate surface area is 145 Å². The standard InChI is InChI=1S/C20H28N2O2/c1-18(2,3)17(23)22-15-19(4,5)16(20(15,6)7)24-14-10-8-13(12-21)9-11-14/h8-11,15-16H,1-7H3,(H,22,23)/t15-,16-. The van der Waals surface area contributed by atoms with Gasteiger partial charge in [-0.15, -0.1) is 0 Å². The van der Waals surface area contributed by atoms with Crippen LogP contribution >= 0.6 is 0 Å². The van der Waals surface area contributed by atoms with Gasteiger partial charge in [-0.3, -0.25) is 4.79 Å². The van der Waals surface area contributed by atoms with Crippen molar-refractivity contribution in [3.05, 3.63) is 29.8 Å². The summed E-state index contributed by atoms with van der Waals surface area (Å²) in [4.78, 5) is 12.4. The normalized spacial score (nSPS) is 24.4. The van der Waals surface area contributed by atoms with E-state index in [4.69, 9.17) is 10.00 Å². The van der Waals surface area contributed by atoms with Gasteiger partial charge in [0.1, 0.15) is 11.9 Å². The van der Waals surface area contributed by atoms with Crippen LogP contribution in [0.5, 0.6) is 5.75 Å². The van der Waals surface area contributed by atoms with Crippen LogP contribution in [-0.4, -0.2) is 18.1 Å². The highest BCUT2D eigenvalue weighted by molar-refractivity contribution is 5.82. The third-order valence-corrected chi connectivity index (χ3v) is 5.03. The molecule has 4 heteroatoms. The molecule has 130 valence electrons. The van der Waals surface area contributed by atoms with Crippen LogP contribution in [0.4, 0.5) is 0 Å².